The average Bonchev–Trinajstić information content (AvgIpc) is 3.07. The summed E-state index contributed by atoms with van der Waals surface area (Å²) >= 11 is 1.54. The van der Waals surface area contributed by atoms with Gasteiger partial charge in [0, 0.05) is 17.3 Å². The number of benzene rings is 1. The Morgan fingerprint density at radius 2 is 2.29 bits per heavy atom. The number of aryl methyl sites for hydroxylation is 1. The van der Waals surface area contributed by atoms with Crippen LogP contribution >= 0.6 is 11.8 Å². The second kappa shape index (κ2) is 6.89. The molecule has 1 saturated heterocycles. The Kier molecular flexibility index (Phi) is 4.67. The van der Waals surface area contributed by atoms with Gasteiger partial charge in [0.1, 0.15) is 6.04 Å². The fraction of sp³-hybridized carbons (Fsp3) is 0.294. The molecule has 7 heteroatoms. The number of aromatic nitrogens is 1. The van der Waals surface area contributed by atoms with E-state index in [1.54, 1.807) is 12.3 Å². The predicted octanol–water partition coefficient (Wildman–Crippen LogP) is 1.70. The van der Waals surface area contributed by atoms with Crippen LogP contribution in [-0.2, 0) is 4.79 Å². The number of fused-ring (bicyclic) bond motifs is 1. The number of pyridine rings is 1. The van der Waals surface area contributed by atoms with Crippen molar-refractivity contribution in [3.8, 4) is 6.07 Å². The third-order valence-corrected chi connectivity index (χ3v) is 4.91. The molecule has 0 spiro atoms. The maximum absolute atomic E-state index is 12.4. The summed E-state index contributed by atoms with van der Waals surface area (Å²) in [6.45, 7) is 1.85. The first kappa shape index (κ1) is 16.3. The van der Waals surface area contributed by atoms with Crippen LogP contribution in [0.25, 0.3) is 10.9 Å². The number of thioether (sulfide) groups is 1. The number of rotatable bonds is 3. The number of hydrogen-bond donors (Lipinski definition) is 1. The normalized spacial score (nSPS) is 16.8. The fourth-order valence-electron chi connectivity index (χ4n) is 2.60. The van der Waals surface area contributed by atoms with Crippen molar-refractivity contribution in [2.45, 2.75) is 13.0 Å². The Labute approximate surface area is 143 Å². The molecule has 0 bridgehead atoms. The quantitative estimate of drug-likeness (QED) is 0.919. The van der Waals surface area contributed by atoms with Crippen molar-refractivity contribution in [2.75, 3.05) is 18.2 Å². The molecule has 2 aromatic rings. The van der Waals surface area contributed by atoms with Crippen LogP contribution in [0.3, 0.4) is 0 Å². The first-order valence-corrected chi connectivity index (χ1v) is 8.66. The molecule has 3 rings (SSSR count). The number of carbonyl (C=O) groups is 2. The summed E-state index contributed by atoms with van der Waals surface area (Å²) in [5.41, 5.74) is 2.30. The minimum absolute atomic E-state index is 0.118. The van der Waals surface area contributed by atoms with E-state index in [-0.39, 0.29) is 18.4 Å². The topological polar surface area (TPSA) is 86.1 Å². The lowest BCUT2D eigenvalue weighted by Gasteiger charge is -2.18. The Morgan fingerprint density at radius 1 is 1.46 bits per heavy atom. The van der Waals surface area contributed by atoms with E-state index in [9.17, 15) is 9.59 Å². The van der Waals surface area contributed by atoms with Crippen molar-refractivity contribution < 1.29 is 9.59 Å². The molecule has 122 valence electrons. The Bertz CT molecular complexity index is 846. The molecule has 1 atom stereocenters. The van der Waals surface area contributed by atoms with Crippen molar-refractivity contribution in [1.29, 1.82) is 5.26 Å². The average molecular weight is 340 g/mol. The standard InChI is InChI=1S/C17H16N4O2S/c1-11-2-3-13-14(4-5-19-15(13)6-11)17(23)20-8-16(22)21-10-24-9-12(21)7-18/h2-6,12H,8-10H2,1H3,(H,20,23). The SMILES string of the molecule is Cc1ccc2c(C(=O)NCC(=O)N3CSCC3C#N)ccnc2c1. The molecule has 6 nitrogen and oxygen atoms in total. The second-order valence-corrected chi connectivity index (χ2v) is 6.57. The fourth-order valence-corrected chi connectivity index (χ4v) is 3.71. The predicted molar refractivity (Wildman–Crippen MR) is 92.4 cm³/mol. The number of nitrogens with one attached hydrogen (secondary N) is 1. The molecule has 1 N–H and O–H groups in total. The van der Waals surface area contributed by atoms with Crippen LogP contribution in [0, 0.1) is 18.3 Å². The van der Waals surface area contributed by atoms with Crippen LogP contribution in [0.15, 0.2) is 30.5 Å². The molecule has 1 aromatic carbocycles. The largest absolute Gasteiger partial charge is 0.343 e. The van der Waals surface area contributed by atoms with E-state index in [2.05, 4.69) is 16.4 Å². The number of nitrogens with zero attached hydrogens (tertiary/aromatic N) is 3. The van der Waals surface area contributed by atoms with Crippen molar-refractivity contribution in [1.82, 2.24) is 15.2 Å². The third-order valence-electron chi connectivity index (χ3n) is 3.89. The molecule has 1 aliphatic heterocycles. The summed E-state index contributed by atoms with van der Waals surface area (Å²) in [6, 6.07) is 9.03. The molecule has 2 amide bonds. The first-order chi connectivity index (χ1) is 11.6. The van der Waals surface area contributed by atoms with Crippen molar-refractivity contribution in [3.05, 3.63) is 41.6 Å². The van der Waals surface area contributed by atoms with E-state index in [1.165, 1.54) is 16.7 Å². The van der Waals surface area contributed by atoms with E-state index in [1.807, 2.05) is 25.1 Å². The number of amides is 2. The summed E-state index contributed by atoms with van der Waals surface area (Å²) in [4.78, 5) is 30.4. The van der Waals surface area contributed by atoms with Crippen LogP contribution in [0.5, 0.6) is 0 Å². The van der Waals surface area contributed by atoms with E-state index in [0.29, 0.717) is 17.2 Å². The first-order valence-electron chi connectivity index (χ1n) is 7.50. The van der Waals surface area contributed by atoms with E-state index in [4.69, 9.17) is 5.26 Å². The molecule has 24 heavy (non-hydrogen) atoms. The van der Waals surface area contributed by atoms with Gasteiger partial charge in [-0.3, -0.25) is 14.6 Å². The Balaban J connectivity index is 1.72. The lowest BCUT2D eigenvalue weighted by Crippen LogP contribution is -2.42. The van der Waals surface area contributed by atoms with Gasteiger partial charge in [-0.2, -0.15) is 5.26 Å². The lowest BCUT2D eigenvalue weighted by molar-refractivity contribution is -0.129. The highest BCUT2D eigenvalue weighted by Crippen LogP contribution is 2.20. The van der Waals surface area contributed by atoms with Crippen LogP contribution in [-0.4, -0.2) is 45.9 Å². The molecular formula is C17H16N4O2S. The molecule has 0 radical (unpaired) electrons. The third kappa shape index (κ3) is 3.19. The molecule has 2 heterocycles. The van der Waals surface area contributed by atoms with Crippen molar-refractivity contribution in [2.24, 2.45) is 0 Å². The summed E-state index contributed by atoms with van der Waals surface area (Å²) < 4.78 is 0. The molecule has 1 unspecified atom stereocenters. The van der Waals surface area contributed by atoms with Gasteiger partial charge in [0.2, 0.25) is 5.91 Å². The van der Waals surface area contributed by atoms with Crippen LogP contribution in [0.4, 0.5) is 0 Å². The summed E-state index contributed by atoms with van der Waals surface area (Å²) in [6.07, 6.45) is 1.58. The molecule has 1 aromatic heterocycles. The van der Waals surface area contributed by atoms with E-state index < -0.39 is 6.04 Å². The van der Waals surface area contributed by atoms with Crippen molar-refractivity contribution in [3.63, 3.8) is 0 Å². The zero-order chi connectivity index (χ0) is 17.1. The molecule has 0 aliphatic carbocycles. The zero-order valence-electron chi connectivity index (χ0n) is 13.2. The zero-order valence-corrected chi connectivity index (χ0v) is 14.0. The minimum Gasteiger partial charge on any atom is -0.343 e. The van der Waals surface area contributed by atoms with Gasteiger partial charge < -0.3 is 10.2 Å². The van der Waals surface area contributed by atoms with Gasteiger partial charge in [-0.05, 0) is 24.6 Å². The van der Waals surface area contributed by atoms with Gasteiger partial charge in [0.05, 0.1) is 29.6 Å². The highest BCUT2D eigenvalue weighted by Gasteiger charge is 2.29. The Morgan fingerprint density at radius 3 is 3.08 bits per heavy atom. The molecule has 1 aliphatic rings. The van der Waals surface area contributed by atoms with Gasteiger partial charge in [-0.25, -0.2) is 0 Å². The van der Waals surface area contributed by atoms with E-state index in [0.717, 1.165) is 16.5 Å². The second-order valence-electron chi connectivity index (χ2n) is 5.57. The van der Waals surface area contributed by atoms with E-state index >= 15 is 0 Å². The van der Waals surface area contributed by atoms with Crippen molar-refractivity contribution >= 4 is 34.5 Å². The maximum atomic E-state index is 12.4. The highest BCUT2D eigenvalue weighted by molar-refractivity contribution is 7.99. The van der Waals surface area contributed by atoms with Crippen LogP contribution in [0.2, 0.25) is 0 Å². The maximum Gasteiger partial charge on any atom is 0.252 e. The number of hydrogen-bond acceptors (Lipinski definition) is 5. The van der Waals surface area contributed by atoms with Gasteiger partial charge in [0.15, 0.2) is 0 Å². The summed E-state index contributed by atoms with van der Waals surface area (Å²) in [5, 5.41) is 12.4. The van der Waals surface area contributed by atoms with Gasteiger partial charge >= 0.3 is 0 Å². The highest BCUT2D eigenvalue weighted by atomic mass is 32.2. The summed E-state index contributed by atoms with van der Waals surface area (Å²) in [5.74, 6) is 0.545. The van der Waals surface area contributed by atoms with Crippen LogP contribution in [0.1, 0.15) is 15.9 Å². The number of nitriles is 1. The smallest absolute Gasteiger partial charge is 0.252 e. The molecule has 0 saturated carbocycles. The molecule has 1 fully saturated rings. The lowest BCUT2D eigenvalue weighted by atomic mass is 10.1. The van der Waals surface area contributed by atoms with Crippen LogP contribution < -0.4 is 5.32 Å². The number of carbonyl (C=O) groups excluding carboxylic acids is 2. The Hall–Kier alpha value is -2.59. The minimum atomic E-state index is -0.413. The monoisotopic (exact) mass is 340 g/mol. The molecular weight excluding hydrogens is 324 g/mol. The van der Waals surface area contributed by atoms with Gasteiger partial charge in [-0.1, -0.05) is 12.1 Å². The van der Waals surface area contributed by atoms with Gasteiger partial charge in [-0.15, -0.1) is 11.8 Å². The van der Waals surface area contributed by atoms with Gasteiger partial charge in [0.25, 0.3) is 5.91 Å². The summed E-state index contributed by atoms with van der Waals surface area (Å²) in [7, 11) is 0.